The third-order valence-corrected chi connectivity index (χ3v) is 6.76. The van der Waals surface area contributed by atoms with Crippen LogP contribution in [0.25, 0.3) is 0 Å². The van der Waals surface area contributed by atoms with Gasteiger partial charge in [-0.2, -0.15) is 0 Å². The summed E-state index contributed by atoms with van der Waals surface area (Å²) < 4.78 is 38.1. The number of hydrogen-bond acceptors (Lipinski definition) is 3. The van der Waals surface area contributed by atoms with Crippen LogP contribution in [-0.2, 0) is 17.8 Å². The van der Waals surface area contributed by atoms with Gasteiger partial charge in [0.05, 0.1) is 18.2 Å². The number of amides is 2. The van der Waals surface area contributed by atoms with Crippen LogP contribution < -0.4 is 5.32 Å². The van der Waals surface area contributed by atoms with Gasteiger partial charge in [0, 0.05) is 31.5 Å². The highest BCUT2D eigenvalue weighted by atomic mass is 19.1. The maximum absolute atomic E-state index is 14.3. The first-order chi connectivity index (χ1) is 17.8. The van der Waals surface area contributed by atoms with E-state index >= 15 is 0 Å². The molecule has 2 saturated heterocycles. The minimum Gasteiger partial charge on any atom is -0.465 e. The molecular weight excluding hydrogens is 483 g/mol. The highest BCUT2D eigenvalue weighted by Crippen LogP contribution is 2.35. The van der Waals surface area contributed by atoms with E-state index < -0.39 is 29.4 Å². The molecule has 3 aromatic rings. The van der Waals surface area contributed by atoms with E-state index in [1.165, 1.54) is 11.0 Å². The molecule has 2 fully saturated rings. The molecule has 0 bridgehead atoms. The van der Waals surface area contributed by atoms with E-state index in [1.54, 1.807) is 23.1 Å². The predicted molar refractivity (Wildman–Crippen MR) is 132 cm³/mol. The van der Waals surface area contributed by atoms with Crippen molar-refractivity contribution in [3.8, 4) is 0 Å². The van der Waals surface area contributed by atoms with Crippen molar-refractivity contribution in [3.63, 3.8) is 0 Å². The summed E-state index contributed by atoms with van der Waals surface area (Å²) in [4.78, 5) is 27.7. The second-order valence-corrected chi connectivity index (χ2v) is 9.14. The van der Waals surface area contributed by atoms with Crippen LogP contribution in [0.2, 0.25) is 0 Å². The lowest BCUT2D eigenvalue weighted by Gasteiger charge is -2.44. The zero-order valence-corrected chi connectivity index (χ0v) is 20.1. The Morgan fingerprint density at radius 3 is 2.03 bits per heavy atom. The average molecular weight is 512 g/mol. The third kappa shape index (κ3) is 6.29. The first kappa shape index (κ1) is 26.2. The summed E-state index contributed by atoms with van der Waals surface area (Å²) in [5.41, 5.74) is 0.845. The molecule has 5 rings (SSSR count). The fourth-order valence-corrected chi connectivity index (χ4v) is 4.79. The summed E-state index contributed by atoms with van der Waals surface area (Å²) in [6.45, 7) is 0.833. The predicted octanol–water partition coefficient (Wildman–Crippen LogP) is 4.80. The summed E-state index contributed by atoms with van der Waals surface area (Å²) >= 11 is 0. The van der Waals surface area contributed by atoms with Crippen molar-refractivity contribution in [1.82, 2.24) is 15.1 Å². The molecule has 194 valence electrons. The average Bonchev–Trinajstić information content (AvgIpc) is 3.13. The van der Waals surface area contributed by atoms with E-state index in [1.807, 2.05) is 30.3 Å². The molecule has 0 saturated carbocycles. The van der Waals surface area contributed by atoms with Crippen LogP contribution in [0.4, 0.5) is 18.0 Å². The van der Waals surface area contributed by atoms with Gasteiger partial charge in [-0.1, -0.05) is 48.5 Å². The number of carbonyl (C=O) groups is 2. The molecule has 0 aliphatic carbocycles. The Morgan fingerprint density at radius 1 is 0.892 bits per heavy atom. The number of piperidine rings is 1. The molecule has 6 nitrogen and oxygen atoms in total. The Kier molecular flexibility index (Phi) is 8.13. The van der Waals surface area contributed by atoms with Crippen LogP contribution in [-0.4, -0.2) is 51.7 Å². The van der Waals surface area contributed by atoms with E-state index in [2.05, 4.69) is 5.32 Å². The molecule has 9 heteroatoms. The first-order valence-electron chi connectivity index (χ1n) is 12.0. The lowest BCUT2D eigenvalue weighted by molar-refractivity contribution is -0.134. The molecule has 0 radical (unpaired) electrons. The Morgan fingerprint density at radius 2 is 1.46 bits per heavy atom. The molecule has 1 atom stereocenters. The summed E-state index contributed by atoms with van der Waals surface area (Å²) in [6, 6.07) is 20.1. The SMILES string of the molecule is Fc1ccc(F)cc1.O=C(O)N1CCC2(CC1)NC(Cc1ccccc1)C(=O)N2Cc1ccccc1F. The number of carboxylic acid groups (broad SMARTS) is 1. The smallest absolute Gasteiger partial charge is 0.407 e. The maximum atomic E-state index is 14.3. The molecule has 2 heterocycles. The zero-order valence-electron chi connectivity index (χ0n) is 20.1. The largest absolute Gasteiger partial charge is 0.465 e. The van der Waals surface area contributed by atoms with E-state index in [0.29, 0.717) is 37.9 Å². The van der Waals surface area contributed by atoms with Gasteiger partial charge in [0.25, 0.3) is 0 Å². The van der Waals surface area contributed by atoms with Crippen molar-refractivity contribution in [2.24, 2.45) is 0 Å². The molecule has 0 aromatic heterocycles. The topological polar surface area (TPSA) is 72.9 Å². The van der Waals surface area contributed by atoms with Crippen molar-refractivity contribution in [2.45, 2.75) is 37.5 Å². The summed E-state index contributed by atoms with van der Waals surface area (Å²) in [5, 5.41) is 12.8. The maximum Gasteiger partial charge on any atom is 0.407 e. The van der Waals surface area contributed by atoms with Gasteiger partial charge in [-0.05, 0) is 42.3 Å². The second-order valence-electron chi connectivity index (χ2n) is 9.14. The van der Waals surface area contributed by atoms with Gasteiger partial charge in [-0.25, -0.2) is 18.0 Å². The first-order valence-corrected chi connectivity index (χ1v) is 12.0. The van der Waals surface area contributed by atoms with Crippen molar-refractivity contribution in [1.29, 1.82) is 0 Å². The summed E-state index contributed by atoms with van der Waals surface area (Å²) in [6.07, 6.45) is 0.540. The molecule has 2 aliphatic rings. The minimum atomic E-state index is -0.953. The number of hydrogen-bond donors (Lipinski definition) is 2. The Hall–Kier alpha value is -3.85. The van der Waals surface area contributed by atoms with Gasteiger partial charge >= 0.3 is 6.09 Å². The highest BCUT2D eigenvalue weighted by Gasteiger charge is 2.51. The van der Waals surface area contributed by atoms with Crippen molar-refractivity contribution in [2.75, 3.05) is 13.1 Å². The van der Waals surface area contributed by atoms with E-state index in [4.69, 9.17) is 0 Å². The number of nitrogens with zero attached hydrogens (tertiary/aromatic N) is 2. The Labute approximate surface area is 213 Å². The van der Waals surface area contributed by atoms with Gasteiger partial charge in [-0.3, -0.25) is 10.1 Å². The Bertz CT molecular complexity index is 1200. The molecule has 2 aliphatic heterocycles. The molecule has 1 unspecified atom stereocenters. The van der Waals surface area contributed by atoms with E-state index in [-0.39, 0.29) is 18.3 Å². The van der Waals surface area contributed by atoms with Crippen LogP contribution in [0.15, 0.2) is 78.9 Å². The number of halogens is 3. The third-order valence-electron chi connectivity index (χ3n) is 6.76. The van der Waals surface area contributed by atoms with Crippen LogP contribution in [0.5, 0.6) is 0 Å². The molecule has 3 aromatic carbocycles. The van der Waals surface area contributed by atoms with E-state index in [0.717, 1.165) is 29.8 Å². The number of benzene rings is 3. The zero-order chi connectivity index (χ0) is 26.4. The number of nitrogens with one attached hydrogen (secondary N) is 1. The van der Waals surface area contributed by atoms with Crippen LogP contribution in [0.1, 0.15) is 24.0 Å². The molecular formula is C28H28F3N3O3. The van der Waals surface area contributed by atoms with Gasteiger partial charge in [0.2, 0.25) is 5.91 Å². The Balaban J connectivity index is 0.000000342. The fraction of sp³-hybridized carbons (Fsp3) is 0.286. The lowest BCUT2D eigenvalue weighted by atomic mass is 9.95. The fourth-order valence-electron chi connectivity index (χ4n) is 4.79. The second kappa shape index (κ2) is 11.5. The van der Waals surface area contributed by atoms with Gasteiger partial charge < -0.3 is 14.9 Å². The van der Waals surface area contributed by atoms with Crippen LogP contribution >= 0.6 is 0 Å². The van der Waals surface area contributed by atoms with Crippen LogP contribution in [0.3, 0.4) is 0 Å². The van der Waals surface area contributed by atoms with E-state index in [9.17, 15) is 27.9 Å². The lowest BCUT2D eigenvalue weighted by Crippen LogP contribution is -2.59. The molecule has 1 spiro atoms. The standard InChI is InChI=1S/C22H24FN3O3.C6H4F2/c23-18-9-5-4-8-17(18)15-26-20(27)19(14-16-6-2-1-3-7-16)24-22(26)10-12-25(13-11-22)21(28)29;7-5-1-2-6(8)4-3-5/h1-9,19,24H,10-15H2,(H,28,29);1-4H. The quantitative estimate of drug-likeness (QED) is 0.528. The highest BCUT2D eigenvalue weighted by molar-refractivity contribution is 5.85. The monoisotopic (exact) mass is 511 g/mol. The number of rotatable bonds is 4. The van der Waals surface area contributed by atoms with Crippen LogP contribution in [0, 0.1) is 17.5 Å². The molecule has 2 amide bonds. The number of likely N-dealkylation sites (tertiary alicyclic amines) is 1. The van der Waals surface area contributed by atoms with Crippen molar-refractivity contribution < 1.29 is 27.9 Å². The molecule has 2 N–H and O–H groups in total. The van der Waals surface area contributed by atoms with Gasteiger partial charge in [-0.15, -0.1) is 0 Å². The minimum absolute atomic E-state index is 0.0686. The van der Waals surface area contributed by atoms with Crippen molar-refractivity contribution >= 4 is 12.0 Å². The van der Waals surface area contributed by atoms with Gasteiger partial charge in [0.1, 0.15) is 17.5 Å². The van der Waals surface area contributed by atoms with Crippen molar-refractivity contribution in [3.05, 3.63) is 107 Å². The summed E-state index contributed by atoms with van der Waals surface area (Å²) in [5.74, 6) is -1.23. The van der Waals surface area contributed by atoms with Gasteiger partial charge in [0.15, 0.2) is 0 Å². The normalized spacial score (nSPS) is 18.5. The summed E-state index contributed by atoms with van der Waals surface area (Å²) in [7, 11) is 0. The molecule has 37 heavy (non-hydrogen) atoms. The number of carbonyl (C=O) groups excluding carboxylic acids is 1.